The van der Waals surface area contributed by atoms with Crippen molar-refractivity contribution in [1.82, 2.24) is 9.80 Å². The van der Waals surface area contributed by atoms with Gasteiger partial charge in [0.05, 0.1) is 6.54 Å². The third kappa shape index (κ3) is 4.18. The van der Waals surface area contributed by atoms with Gasteiger partial charge in [0.25, 0.3) is 0 Å². The summed E-state index contributed by atoms with van der Waals surface area (Å²) in [6.45, 7) is 5.47. The summed E-state index contributed by atoms with van der Waals surface area (Å²) in [4.78, 5) is 16.8. The first-order chi connectivity index (χ1) is 9.20. The van der Waals surface area contributed by atoms with E-state index in [0.29, 0.717) is 24.5 Å². The first kappa shape index (κ1) is 14.8. The Hall–Kier alpha value is -0.610. The lowest BCUT2D eigenvalue weighted by Gasteiger charge is -2.36. The van der Waals surface area contributed by atoms with E-state index >= 15 is 0 Å². The summed E-state index contributed by atoms with van der Waals surface area (Å²) < 4.78 is 0. The Bertz CT molecular complexity index is 281. The van der Waals surface area contributed by atoms with E-state index in [4.69, 9.17) is 5.73 Å². The highest BCUT2D eigenvalue weighted by molar-refractivity contribution is 5.78. The predicted octanol–water partition coefficient (Wildman–Crippen LogP) is 1.59. The van der Waals surface area contributed by atoms with Crippen molar-refractivity contribution >= 4 is 5.91 Å². The quantitative estimate of drug-likeness (QED) is 0.841. The highest BCUT2D eigenvalue weighted by atomic mass is 16.2. The van der Waals surface area contributed by atoms with Gasteiger partial charge in [-0.25, -0.2) is 0 Å². The van der Waals surface area contributed by atoms with E-state index in [1.807, 2.05) is 4.90 Å². The van der Waals surface area contributed by atoms with E-state index in [9.17, 15) is 4.79 Å². The minimum Gasteiger partial charge on any atom is -0.341 e. The maximum atomic E-state index is 12.4. The van der Waals surface area contributed by atoms with E-state index in [1.165, 1.54) is 32.1 Å². The number of piperidine rings is 1. The van der Waals surface area contributed by atoms with Crippen LogP contribution in [0.3, 0.4) is 0 Å². The standard InChI is InChI=1S/C15H29N3O/c1-2-17(14-6-4-3-5-7-14)12-15(19)18-10-8-13(16)9-11-18/h13-14H,2-12,16H2,1H3. The van der Waals surface area contributed by atoms with Crippen LogP contribution in [0.25, 0.3) is 0 Å². The van der Waals surface area contributed by atoms with Gasteiger partial charge in [0, 0.05) is 25.2 Å². The zero-order chi connectivity index (χ0) is 13.7. The molecule has 1 aliphatic heterocycles. The summed E-state index contributed by atoms with van der Waals surface area (Å²) in [6.07, 6.45) is 8.48. The van der Waals surface area contributed by atoms with Crippen LogP contribution >= 0.6 is 0 Å². The van der Waals surface area contributed by atoms with Crippen LogP contribution in [0.2, 0.25) is 0 Å². The first-order valence-corrected chi connectivity index (χ1v) is 7.98. The van der Waals surface area contributed by atoms with E-state index in [0.717, 1.165) is 32.5 Å². The molecule has 19 heavy (non-hydrogen) atoms. The molecule has 2 rings (SSSR count). The molecule has 110 valence electrons. The molecule has 2 N–H and O–H groups in total. The highest BCUT2D eigenvalue weighted by Gasteiger charge is 2.25. The van der Waals surface area contributed by atoms with Crippen molar-refractivity contribution < 1.29 is 4.79 Å². The first-order valence-electron chi connectivity index (χ1n) is 7.98. The smallest absolute Gasteiger partial charge is 0.236 e. The number of carbonyl (C=O) groups excluding carboxylic acids is 1. The molecule has 0 aromatic carbocycles. The van der Waals surface area contributed by atoms with Crippen molar-refractivity contribution in [3.05, 3.63) is 0 Å². The number of nitrogens with zero attached hydrogens (tertiary/aromatic N) is 2. The predicted molar refractivity (Wildman–Crippen MR) is 77.9 cm³/mol. The number of hydrogen-bond acceptors (Lipinski definition) is 3. The molecular formula is C15H29N3O. The lowest BCUT2D eigenvalue weighted by Crippen LogP contribution is -2.49. The minimum absolute atomic E-state index is 0.296. The number of rotatable bonds is 4. The summed E-state index contributed by atoms with van der Waals surface area (Å²) in [5, 5.41) is 0. The van der Waals surface area contributed by atoms with Crippen LogP contribution in [0.15, 0.2) is 0 Å². The molecule has 0 bridgehead atoms. The molecule has 0 atom stereocenters. The average Bonchev–Trinajstić information content (AvgIpc) is 2.46. The van der Waals surface area contributed by atoms with Crippen molar-refractivity contribution in [1.29, 1.82) is 0 Å². The van der Waals surface area contributed by atoms with Gasteiger partial charge in [-0.3, -0.25) is 9.69 Å². The fourth-order valence-electron chi connectivity index (χ4n) is 3.37. The van der Waals surface area contributed by atoms with Crippen molar-refractivity contribution in [3.8, 4) is 0 Å². The Balaban J connectivity index is 1.81. The van der Waals surface area contributed by atoms with Gasteiger partial charge >= 0.3 is 0 Å². The van der Waals surface area contributed by atoms with Gasteiger partial charge in [-0.05, 0) is 32.2 Å². The normalized spacial score (nSPS) is 23.0. The maximum absolute atomic E-state index is 12.4. The van der Waals surface area contributed by atoms with Gasteiger partial charge < -0.3 is 10.6 Å². The van der Waals surface area contributed by atoms with E-state index < -0.39 is 0 Å². The van der Waals surface area contributed by atoms with E-state index in [-0.39, 0.29) is 0 Å². The van der Waals surface area contributed by atoms with Crippen molar-refractivity contribution in [2.45, 2.75) is 64.0 Å². The van der Waals surface area contributed by atoms with Crippen molar-refractivity contribution in [2.75, 3.05) is 26.2 Å². The molecule has 0 radical (unpaired) electrons. The molecule has 1 aliphatic carbocycles. The lowest BCUT2D eigenvalue weighted by molar-refractivity contribution is -0.134. The molecule has 4 heteroatoms. The average molecular weight is 267 g/mol. The Morgan fingerprint density at radius 1 is 1.16 bits per heavy atom. The second kappa shape index (κ2) is 7.25. The van der Waals surface area contributed by atoms with Gasteiger partial charge in [0.1, 0.15) is 0 Å². The largest absolute Gasteiger partial charge is 0.341 e. The molecule has 0 aromatic rings. The van der Waals surface area contributed by atoms with Gasteiger partial charge in [-0.1, -0.05) is 26.2 Å². The molecule has 2 aliphatic rings. The summed E-state index contributed by atoms with van der Waals surface area (Å²) in [6, 6.07) is 0.930. The van der Waals surface area contributed by atoms with E-state index in [1.54, 1.807) is 0 Å². The summed E-state index contributed by atoms with van der Waals surface area (Å²) in [7, 11) is 0. The second-order valence-electron chi connectivity index (χ2n) is 6.07. The molecule has 0 unspecified atom stereocenters. The second-order valence-corrected chi connectivity index (χ2v) is 6.07. The Morgan fingerprint density at radius 2 is 1.79 bits per heavy atom. The van der Waals surface area contributed by atoms with Crippen LogP contribution in [-0.4, -0.2) is 54.0 Å². The summed E-state index contributed by atoms with van der Waals surface area (Å²) in [5.41, 5.74) is 5.89. The molecular weight excluding hydrogens is 238 g/mol. The molecule has 2 fully saturated rings. The van der Waals surface area contributed by atoms with Gasteiger partial charge in [0.2, 0.25) is 5.91 Å². The van der Waals surface area contributed by atoms with E-state index in [2.05, 4.69) is 11.8 Å². The number of likely N-dealkylation sites (tertiary alicyclic amines) is 1. The van der Waals surface area contributed by atoms with Crippen LogP contribution in [0.4, 0.5) is 0 Å². The SMILES string of the molecule is CCN(CC(=O)N1CCC(N)CC1)C1CCCCC1. The maximum Gasteiger partial charge on any atom is 0.236 e. The Morgan fingerprint density at radius 3 is 2.37 bits per heavy atom. The third-order valence-corrected chi connectivity index (χ3v) is 4.73. The molecule has 1 heterocycles. The number of likely N-dealkylation sites (N-methyl/N-ethyl adjacent to an activating group) is 1. The van der Waals surface area contributed by atoms with Crippen LogP contribution in [-0.2, 0) is 4.79 Å². The number of carbonyl (C=O) groups is 1. The Kier molecular flexibility index (Phi) is 5.64. The van der Waals surface area contributed by atoms with Crippen LogP contribution in [0.5, 0.6) is 0 Å². The molecule has 1 saturated heterocycles. The fourth-order valence-corrected chi connectivity index (χ4v) is 3.37. The molecule has 1 amide bonds. The highest BCUT2D eigenvalue weighted by Crippen LogP contribution is 2.22. The van der Waals surface area contributed by atoms with Crippen LogP contribution in [0.1, 0.15) is 51.9 Å². The molecule has 0 spiro atoms. The van der Waals surface area contributed by atoms with Crippen molar-refractivity contribution in [2.24, 2.45) is 5.73 Å². The molecule has 4 nitrogen and oxygen atoms in total. The van der Waals surface area contributed by atoms with Crippen molar-refractivity contribution in [3.63, 3.8) is 0 Å². The molecule has 1 saturated carbocycles. The fraction of sp³-hybridized carbons (Fsp3) is 0.933. The number of nitrogens with two attached hydrogens (primary N) is 1. The zero-order valence-corrected chi connectivity index (χ0v) is 12.3. The van der Waals surface area contributed by atoms with Crippen LogP contribution < -0.4 is 5.73 Å². The van der Waals surface area contributed by atoms with Gasteiger partial charge in [0.15, 0.2) is 0 Å². The lowest BCUT2D eigenvalue weighted by atomic mass is 9.94. The van der Waals surface area contributed by atoms with Crippen LogP contribution in [0, 0.1) is 0 Å². The number of amides is 1. The minimum atomic E-state index is 0.296. The van der Waals surface area contributed by atoms with Gasteiger partial charge in [-0.2, -0.15) is 0 Å². The van der Waals surface area contributed by atoms with Gasteiger partial charge in [-0.15, -0.1) is 0 Å². The summed E-state index contributed by atoms with van der Waals surface area (Å²) in [5.74, 6) is 0.305. The molecule has 0 aromatic heterocycles. The Labute approximate surface area is 117 Å². The third-order valence-electron chi connectivity index (χ3n) is 4.73. The zero-order valence-electron chi connectivity index (χ0n) is 12.3. The number of hydrogen-bond donors (Lipinski definition) is 1. The topological polar surface area (TPSA) is 49.6 Å². The summed E-state index contributed by atoms with van der Waals surface area (Å²) >= 11 is 0. The monoisotopic (exact) mass is 267 g/mol.